The Labute approximate surface area is 102 Å². The lowest BCUT2D eigenvalue weighted by atomic mass is 9.93. The zero-order valence-electron chi connectivity index (χ0n) is 10.8. The van der Waals surface area contributed by atoms with Crippen LogP contribution in [0.15, 0.2) is 12.4 Å². The van der Waals surface area contributed by atoms with E-state index in [1.165, 1.54) is 6.20 Å². The lowest BCUT2D eigenvalue weighted by Gasteiger charge is -2.36. The van der Waals surface area contributed by atoms with Gasteiger partial charge in [0, 0.05) is 12.4 Å². The molecule has 94 valence electrons. The first kappa shape index (κ1) is 13.6. The molecule has 1 unspecified atom stereocenters. The van der Waals surface area contributed by atoms with E-state index in [0.29, 0.717) is 24.5 Å². The van der Waals surface area contributed by atoms with Gasteiger partial charge in [-0.3, -0.25) is 14.9 Å². The Balaban J connectivity index is 3.35. The highest BCUT2D eigenvalue weighted by molar-refractivity contribution is 5.79. The molecule has 0 radical (unpaired) electrons. The van der Waals surface area contributed by atoms with Crippen LogP contribution in [0.3, 0.4) is 0 Å². The highest BCUT2D eigenvalue weighted by Crippen LogP contribution is 2.28. The summed E-state index contributed by atoms with van der Waals surface area (Å²) in [5.41, 5.74) is 0.0440. The van der Waals surface area contributed by atoms with Crippen LogP contribution in [-0.2, 0) is 10.3 Å². The van der Waals surface area contributed by atoms with Crippen molar-refractivity contribution < 1.29 is 9.90 Å². The number of hydrogen-bond acceptors (Lipinski definition) is 4. The van der Waals surface area contributed by atoms with Gasteiger partial charge in [0.15, 0.2) is 5.54 Å². The van der Waals surface area contributed by atoms with E-state index in [1.807, 2.05) is 18.7 Å². The standard InChI is InChI=1S/C12H19N3O2/c1-5-15(6-2)12(4,11(16)17)10-9(3)13-7-8-14-10/h7-8H,5-6H2,1-4H3,(H,16,17). The number of carboxylic acid groups (broad SMARTS) is 1. The maximum absolute atomic E-state index is 11.6. The molecule has 1 N–H and O–H groups in total. The third-order valence-electron chi connectivity index (χ3n) is 3.15. The van der Waals surface area contributed by atoms with Gasteiger partial charge in [-0.05, 0) is 26.9 Å². The normalized spacial score (nSPS) is 14.6. The second-order valence-electron chi connectivity index (χ2n) is 4.04. The zero-order valence-corrected chi connectivity index (χ0v) is 10.8. The van der Waals surface area contributed by atoms with E-state index in [1.54, 1.807) is 20.0 Å². The monoisotopic (exact) mass is 237 g/mol. The van der Waals surface area contributed by atoms with Crippen molar-refractivity contribution in [3.05, 3.63) is 23.8 Å². The summed E-state index contributed by atoms with van der Waals surface area (Å²) in [5.74, 6) is -0.898. The average molecular weight is 237 g/mol. The van der Waals surface area contributed by atoms with E-state index in [0.717, 1.165) is 0 Å². The Bertz CT molecular complexity index is 404. The molecular weight excluding hydrogens is 218 g/mol. The highest BCUT2D eigenvalue weighted by Gasteiger charge is 2.42. The first-order valence-corrected chi connectivity index (χ1v) is 5.74. The summed E-state index contributed by atoms with van der Waals surface area (Å²) in [6.07, 6.45) is 3.11. The van der Waals surface area contributed by atoms with Crippen molar-refractivity contribution in [2.45, 2.75) is 33.2 Å². The summed E-state index contributed by atoms with van der Waals surface area (Å²) >= 11 is 0. The predicted molar refractivity (Wildman–Crippen MR) is 64.7 cm³/mol. The van der Waals surface area contributed by atoms with Crippen molar-refractivity contribution in [3.63, 3.8) is 0 Å². The highest BCUT2D eigenvalue weighted by atomic mass is 16.4. The van der Waals surface area contributed by atoms with E-state index < -0.39 is 11.5 Å². The minimum Gasteiger partial charge on any atom is -0.480 e. The van der Waals surface area contributed by atoms with Crippen molar-refractivity contribution >= 4 is 5.97 Å². The van der Waals surface area contributed by atoms with Crippen LogP contribution in [0.2, 0.25) is 0 Å². The number of aliphatic carboxylic acids is 1. The van der Waals surface area contributed by atoms with Gasteiger partial charge in [-0.2, -0.15) is 0 Å². The molecule has 1 atom stereocenters. The minimum atomic E-state index is -1.12. The molecular formula is C12H19N3O2. The van der Waals surface area contributed by atoms with Crippen molar-refractivity contribution in [1.29, 1.82) is 0 Å². The molecule has 0 saturated carbocycles. The number of aryl methyl sites for hydroxylation is 1. The van der Waals surface area contributed by atoms with Gasteiger partial charge in [0.05, 0.1) is 11.4 Å². The van der Waals surface area contributed by atoms with Crippen LogP contribution in [0.1, 0.15) is 32.2 Å². The Morgan fingerprint density at radius 3 is 2.29 bits per heavy atom. The third-order valence-corrected chi connectivity index (χ3v) is 3.15. The van der Waals surface area contributed by atoms with Gasteiger partial charge in [0.1, 0.15) is 0 Å². The Kier molecular flexibility index (Phi) is 4.17. The smallest absolute Gasteiger partial charge is 0.330 e. The van der Waals surface area contributed by atoms with Crippen LogP contribution in [0.25, 0.3) is 0 Å². The lowest BCUT2D eigenvalue weighted by molar-refractivity contribution is -0.151. The van der Waals surface area contributed by atoms with Crippen LogP contribution < -0.4 is 0 Å². The van der Waals surface area contributed by atoms with E-state index >= 15 is 0 Å². The Morgan fingerprint density at radius 2 is 1.88 bits per heavy atom. The number of nitrogens with zero attached hydrogens (tertiary/aromatic N) is 3. The molecule has 1 heterocycles. The molecule has 1 rings (SSSR count). The molecule has 0 aliphatic rings. The van der Waals surface area contributed by atoms with Crippen molar-refractivity contribution in [2.24, 2.45) is 0 Å². The Morgan fingerprint density at radius 1 is 1.35 bits per heavy atom. The molecule has 0 aliphatic carbocycles. The average Bonchev–Trinajstić information content (AvgIpc) is 2.30. The zero-order chi connectivity index (χ0) is 13.1. The molecule has 0 bridgehead atoms. The summed E-state index contributed by atoms with van der Waals surface area (Å²) in [6, 6.07) is 0. The molecule has 0 spiro atoms. The number of likely N-dealkylation sites (N-methyl/N-ethyl adjacent to an activating group) is 1. The number of carboxylic acids is 1. The summed E-state index contributed by atoms with van der Waals surface area (Å²) in [5, 5.41) is 9.53. The molecule has 17 heavy (non-hydrogen) atoms. The van der Waals surface area contributed by atoms with Crippen molar-refractivity contribution in [2.75, 3.05) is 13.1 Å². The van der Waals surface area contributed by atoms with Crippen LogP contribution in [0.4, 0.5) is 0 Å². The second kappa shape index (κ2) is 5.23. The van der Waals surface area contributed by atoms with Gasteiger partial charge >= 0.3 is 5.97 Å². The molecule has 0 aromatic carbocycles. The maximum Gasteiger partial charge on any atom is 0.330 e. The van der Waals surface area contributed by atoms with Gasteiger partial charge in [-0.25, -0.2) is 4.79 Å². The van der Waals surface area contributed by atoms with Gasteiger partial charge < -0.3 is 5.11 Å². The second-order valence-corrected chi connectivity index (χ2v) is 4.04. The van der Waals surface area contributed by atoms with E-state index in [-0.39, 0.29) is 0 Å². The summed E-state index contributed by atoms with van der Waals surface area (Å²) in [4.78, 5) is 21.8. The number of carbonyl (C=O) groups is 1. The summed E-state index contributed by atoms with van der Waals surface area (Å²) < 4.78 is 0. The van der Waals surface area contributed by atoms with Gasteiger partial charge in [-0.15, -0.1) is 0 Å². The third kappa shape index (κ3) is 2.29. The van der Waals surface area contributed by atoms with Gasteiger partial charge in [-0.1, -0.05) is 13.8 Å². The molecule has 0 fully saturated rings. The molecule has 0 amide bonds. The largest absolute Gasteiger partial charge is 0.480 e. The SMILES string of the molecule is CCN(CC)C(C)(C(=O)O)c1nccnc1C. The fraction of sp³-hybridized carbons (Fsp3) is 0.583. The van der Waals surface area contributed by atoms with Crippen LogP contribution >= 0.6 is 0 Å². The fourth-order valence-corrected chi connectivity index (χ4v) is 2.13. The van der Waals surface area contributed by atoms with Crippen LogP contribution in [-0.4, -0.2) is 39.0 Å². The predicted octanol–water partition coefficient (Wildman–Crippen LogP) is 1.43. The number of hydrogen-bond donors (Lipinski definition) is 1. The van der Waals surface area contributed by atoms with Gasteiger partial charge in [0.2, 0.25) is 0 Å². The first-order chi connectivity index (χ1) is 7.98. The molecule has 5 nitrogen and oxygen atoms in total. The van der Waals surface area contributed by atoms with Gasteiger partial charge in [0.25, 0.3) is 0 Å². The molecule has 0 aliphatic heterocycles. The van der Waals surface area contributed by atoms with Crippen LogP contribution in [0.5, 0.6) is 0 Å². The maximum atomic E-state index is 11.6. The van der Waals surface area contributed by atoms with Crippen molar-refractivity contribution in [1.82, 2.24) is 14.9 Å². The van der Waals surface area contributed by atoms with Crippen molar-refractivity contribution in [3.8, 4) is 0 Å². The molecule has 0 saturated heterocycles. The molecule has 5 heteroatoms. The summed E-state index contributed by atoms with van der Waals surface area (Å²) in [7, 11) is 0. The van der Waals surface area contributed by atoms with E-state index in [2.05, 4.69) is 9.97 Å². The topological polar surface area (TPSA) is 66.3 Å². The summed E-state index contributed by atoms with van der Waals surface area (Å²) in [6.45, 7) is 8.64. The van der Waals surface area contributed by atoms with E-state index in [9.17, 15) is 9.90 Å². The molecule has 1 aromatic rings. The fourth-order valence-electron chi connectivity index (χ4n) is 2.13. The van der Waals surface area contributed by atoms with Crippen LogP contribution in [0, 0.1) is 6.92 Å². The first-order valence-electron chi connectivity index (χ1n) is 5.74. The number of aromatic nitrogens is 2. The minimum absolute atomic E-state index is 0.510. The quantitative estimate of drug-likeness (QED) is 0.839. The Hall–Kier alpha value is -1.49. The molecule has 1 aromatic heterocycles. The van der Waals surface area contributed by atoms with E-state index in [4.69, 9.17) is 0 Å². The lowest BCUT2D eigenvalue weighted by Crippen LogP contribution is -2.50. The number of rotatable bonds is 5.